The molecule has 0 amide bonds. The molecular formula is C18H24. The van der Waals surface area contributed by atoms with Gasteiger partial charge in [-0.1, -0.05) is 49.8 Å². The molecule has 0 aromatic heterocycles. The molecule has 0 saturated heterocycles. The fourth-order valence-electron chi connectivity index (χ4n) is 2.66. The number of hydrogen-bond donors (Lipinski definition) is 0. The molecule has 0 unspecified atom stereocenters. The Morgan fingerprint density at radius 3 is 2.83 bits per heavy atom. The van der Waals surface area contributed by atoms with Crippen LogP contribution >= 0.6 is 0 Å². The van der Waals surface area contributed by atoms with Crippen molar-refractivity contribution in [1.29, 1.82) is 0 Å². The molecule has 18 heavy (non-hydrogen) atoms. The van der Waals surface area contributed by atoms with Crippen LogP contribution in [0.15, 0.2) is 36.4 Å². The second-order valence-electron chi connectivity index (χ2n) is 5.58. The van der Waals surface area contributed by atoms with Gasteiger partial charge in [0.1, 0.15) is 0 Å². The van der Waals surface area contributed by atoms with Crippen LogP contribution in [0.25, 0.3) is 6.08 Å². The van der Waals surface area contributed by atoms with E-state index in [0.717, 1.165) is 12.8 Å². The van der Waals surface area contributed by atoms with E-state index in [1.165, 1.54) is 36.0 Å². The van der Waals surface area contributed by atoms with E-state index in [1.807, 2.05) is 6.08 Å². The molecule has 1 aliphatic rings. The van der Waals surface area contributed by atoms with E-state index in [9.17, 15) is 0 Å². The summed E-state index contributed by atoms with van der Waals surface area (Å²) in [6, 6.07) is 6.81. The molecule has 0 saturated carbocycles. The number of unbranched alkanes of at least 4 members (excludes halogenated alkanes) is 2. The number of hydrogen-bond acceptors (Lipinski definition) is 0. The van der Waals surface area contributed by atoms with Crippen LogP contribution in [-0.2, 0) is 12.8 Å². The SMILES string of the molecule is C=CCCCCc1cccc2c1C=C(C(C)C)C2. The minimum Gasteiger partial charge on any atom is -0.103 e. The maximum absolute atomic E-state index is 3.78. The van der Waals surface area contributed by atoms with Crippen molar-refractivity contribution in [2.24, 2.45) is 5.92 Å². The van der Waals surface area contributed by atoms with E-state index in [-0.39, 0.29) is 0 Å². The van der Waals surface area contributed by atoms with Gasteiger partial charge in [0.15, 0.2) is 0 Å². The highest BCUT2D eigenvalue weighted by Gasteiger charge is 2.16. The summed E-state index contributed by atoms with van der Waals surface area (Å²) in [5.74, 6) is 0.672. The Bertz CT molecular complexity index is 449. The normalized spacial score (nSPS) is 13.6. The van der Waals surface area contributed by atoms with E-state index in [2.05, 4.69) is 44.7 Å². The third-order valence-corrected chi connectivity index (χ3v) is 3.86. The van der Waals surface area contributed by atoms with Gasteiger partial charge in [0, 0.05) is 0 Å². The minimum absolute atomic E-state index is 0.672. The second-order valence-corrected chi connectivity index (χ2v) is 5.58. The van der Waals surface area contributed by atoms with Crippen molar-refractivity contribution >= 4 is 6.08 Å². The average Bonchev–Trinajstić information content (AvgIpc) is 2.79. The molecule has 0 atom stereocenters. The van der Waals surface area contributed by atoms with E-state index in [1.54, 1.807) is 5.57 Å². The molecule has 0 spiro atoms. The summed E-state index contributed by atoms with van der Waals surface area (Å²) in [5.41, 5.74) is 6.16. The zero-order valence-electron chi connectivity index (χ0n) is 11.7. The highest BCUT2D eigenvalue weighted by molar-refractivity contribution is 5.67. The largest absolute Gasteiger partial charge is 0.103 e. The molecule has 0 heteroatoms. The lowest BCUT2D eigenvalue weighted by atomic mass is 9.98. The van der Waals surface area contributed by atoms with Crippen LogP contribution in [-0.4, -0.2) is 0 Å². The van der Waals surface area contributed by atoms with Crippen molar-refractivity contribution in [1.82, 2.24) is 0 Å². The maximum Gasteiger partial charge on any atom is -0.00552 e. The highest BCUT2D eigenvalue weighted by Crippen LogP contribution is 2.32. The van der Waals surface area contributed by atoms with Crippen molar-refractivity contribution in [3.05, 3.63) is 53.1 Å². The van der Waals surface area contributed by atoms with Crippen molar-refractivity contribution in [2.75, 3.05) is 0 Å². The summed E-state index contributed by atoms with van der Waals surface area (Å²) in [6.07, 6.45) is 10.5. The zero-order valence-corrected chi connectivity index (χ0v) is 11.7. The summed E-state index contributed by atoms with van der Waals surface area (Å²) in [6.45, 7) is 8.37. The third kappa shape index (κ3) is 2.93. The van der Waals surface area contributed by atoms with Gasteiger partial charge in [-0.15, -0.1) is 6.58 Å². The molecule has 96 valence electrons. The number of allylic oxidation sites excluding steroid dienone is 2. The lowest BCUT2D eigenvalue weighted by Crippen LogP contribution is -1.94. The van der Waals surface area contributed by atoms with Crippen LogP contribution in [0.4, 0.5) is 0 Å². The van der Waals surface area contributed by atoms with Crippen LogP contribution in [0.3, 0.4) is 0 Å². The van der Waals surface area contributed by atoms with Gasteiger partial charge in [0.05, 0.1) is 0 Å². The third-order valence-electron chi connectivity index (χ3n) is 3.86. The van der Waals surface area contributed by atoms with Gasteiger partial charge in [0.2, 0.25) is 0 Å². The van der Waals surface area contributed by atoms with Crippen LogP contribution in [0.1, 0.15) is 49.8 Å². The van der Waals surface area contributed by atoms with Gasteiger partial charge in [-0.25, -0.2) is 0 Å². The lowest BCUT2D eigenvalue weighted by Gasteiger charge is -2.07. The van der Waals surface area contributed by atoms with Gasteiger partial charge < -0.3 is 0 Å². The predicted molar refractivity (Wildman–Crippen MR) is 80.7 cm³/mol. The van der Waals surface area contributed by atoms with Crippen molar-refractivity contribution < 1.29 is 0 Å². The van der Waals surface area contributed by atoms with E-state index in [4.69, 9.17) is 0 Å². The molecule has 0 heterocycles. The molecule has 0 aliphatic heterocycles. The first kappa shape index (κ1) is 13.1. The summed E-state index contributed by atoms with van der Waals surface area (Å²) in [4.78, 5) is 0. The van der Waals surface area contributed by atoms with Crippen molar-refractivity contribution in [3.8, 4) is 0 Å². The Morgan fingerprint density at radius 1 is 1.28 bits per heavy atom. The topological polar surface area (TPSA) is 0 Å². The number of rotatable bonds is 6. The van der Waals surface area contributed by atoms with Crippen LogP contribution < -0.4 is 0 Å². The Hall–Kier alpha value is -1.30. The van der Waals surface area contributed by atoms with Gasteiger partial charge in [-0.3, -0.25) is 0 Å². The standard InChI is InChI=1S/C18H24/c1-4-5-6-7-9-15-10-8-11-16-12-17(14(2)3)13-18(15)16/h4,8,10-11,13-14H,1,5-7,9,12H2,2-3H3. The number of benzene rings is 1. The van der Waals surface area contributed by atoms with E-state index >= 15 is 0 Å². The molecule has 0 bridgehead atoms. The zero-order chi connectivity index (χ0) is 13.0. The molecule has 2 rings (SSSR count). The maximum atomic E-state index is 3.78. The molecule has 1 aromatic carbocycles. The number of fused-ring (bicyclic) bond motifs is 1. The first-order chi connectivity index (χ1) is 8.72. The monoisotopic (exact) mass is 240 g/mol. The first-order valence-corrected chi connectivity index (χ1v) is 7.14. The Kier molecular flexibility index (Phi) is 4.41. The smallest absolute Gasteiger partial charge is 0.00552 e. The Balaban J connectivity index is 2.09. The molecular weight excluding hydrogens is 216 g/mol. The summed E-state index contributed by atoms with van der Waals surface area (Å²) < 4.78 is 0. The minimum atomic E-state index is 0.672. The van der Waals surface area contributed by atoms with Crippen LogP contribution in [0.5, 0.6) is 0 Å². The van der Waals surface area contributed by atoms with Gasteiger partial charge in [0.25, 0.3) is 0 Å². The van der Waals surface area contributed by atoms with Crippen molar-refractivity contribution in [3.63, 3.8) is 0 Å². The van der Waals surface area contributed by atoms with Gasteiger partial charge >= 0.3 is 0 Å². The fourth-order valence-corrected chi connectivity index (χ4v) is 2.66. The quantitative estimate of drug-likeness (QED) is 0.474. The molecule has 0 fully saturated rings. The van der Waals surface area contributed by atoms with Gasteiger partial charge in [-0.05, 0) is 54.7 Å². The molecule has 0 radical (unpaired) electrons. The summed E-state index contributed by atoms with van der Waals surface area (Å²) >= 11 is 0. The summed E-state index contributed by atoms with van der Waals surface area (Å²) in [5, 5.41) is 0. The first-order valence-electron chi connectivity index (χ1n) is 7.14. The average molecular weight is 240 g/mol. The van der Waals surface area contributed by atoms with Gasteiger partial charge in [-0.2, -0.15) is 0 Å². The van der Waals surface area contributed by atoms with Crippen LogP contribution in [0, 0.1) is 5.92 Å². The van der Waals surface area contributed by atoms with Crippen LogP contribution in [0.2, 0.25) is 0 Å². The predicted octanol–water partition coefficient (Wildman–Crippen LogP) is 5.18. The highest BCUT2D eigenvalue weighted by atomic mass is 14.2. The fraction of sp³-hybridized carbons (Fsp3) is 0.444. The molecule has 1 aliphatic carbocycles. The Morgan fingerprint density at radius 2 is 2.11 bits per heavy atom. The Labute approximate surface area is 111 Å². The van der Waals surface area contributed by atoms with E-state index < -0.39 is 0 Å². The molecule has 0 nitrogen and oxygen atoms in total. The van der Waals surface area contributed by atoms with Crippen molar-refractivity contribution in [2.45, 2.75) is 46.0 Å². The molecule has 1 aromatic rings. The lowest BCUT2D eigenvalue weighted by molar-refractivity contribution is 0.747. The second kappa shape index (κ2) is 6.04. The summed E-state index contributed by atoms with van der Waals surface area (Å²) in [7, 11) is 0. The number of aryl methyl sites for hydroxylation is 1. The van der Waals surface area contributed by atoms with E-state index in [0.29, 0.717) is 5.92 Å². The molecule has 0 N–H and O–H groups in total.